The Bertz CT molecular complexity index is 656. The van der Waals surface area contributed by atoms with E-state index in [0.717, 1.165) is 17.4 Å². The summed E-state index contributed by atoms with van der Waals surface area (Å²) in [4.78, 5) is 12.6. The van der Waals surface area contributed by atoms with Crippen LogP contribution in [0.25, 0.3) is 10.8 Å². The van der Waals surface area contributed by atoms with Crippen LogP contribution < -0.4 is 0 Å². The average Bonchev–Trinajstić information content (AvgIpc) is 2.46. The van der Waals surface area contributed by atoms with Gasteiger partial charge in [-0.25, -0.2) is 0 Å². The Morgan fingerprint density at radius 2 is 1.79 bits per heavy atom. The van der Waals surface area contributed by atoms with E-state index in [-0.39, 0.29) is 0 Å². The molecule has 2 atom stereocenters. The highest BCUT2D eigenvalue weighted by Gasteiger charge is 2.36. The van der Waals surface area contributed by atoms with Crippen molar-refractivity contribution in [3.05, 3.63) is 47.5 Å². The first-order valence-corrected chi connectivity index (χ1v) is 7.39. The SMILES string of the molecule is O=C1CC2CCCCC2c2ccc3ccccc3c21. The second kappa shape index (κ2) is 4.19. The molecule has 0 radical (unpaired) electrons. The molecule has 19 heavy (non-hydrogen) atoms. The largest absolute Gasteiger partial charge is 0.294 e. The second-order valence-electron chi connectivity index (χ2n) is 6.03. The molecule has 0 saturated heterocycles. The van der Waals surface area contributed by atoms with Crippen molar-refractivity contribution >= 4 is 16.6 Å². The van der Waals surface area contributed by atoms with Gasteiger partial charge in [0.05, 0.1) is 0 Å². The summed E-state index contributed by atoms with van der Waals surface area (Å²) in [6.45, 7) is 0. The van der Waals surface area contributed by atoms with E-state index < -0.39 is 0 Å². The maximum Gasteiger partial charge on any atom is 0.164 e. The van der Waals surface area contributed by atoms with Gasteiger partial charge in [-0.3, -0.25) is 4.79 Å². The van der Waals surface area contributed by atoms with Crippen molar-refractivity contribution in [2.45, 2.75) is 38.0 Å². The van der Waals surface area contributed by atoms with Gasteiger partial charge in [0.25, 0.3) is 0 Å². The lowest BCUT2D eigenvalue weighted by Crippen LogP contribution is -2.27. The Labute approximate surface area is 113 Å². The van der Waals surface area contributed by atoms with E-state index in [4.69, 9.17) is 0 Å². The minimum atomic E-state index is 0.370. The van der Waals surface area contributed by atoms with Gasteiger partial charge in [-0.15, -0.1) is 0 Å². The lowest BCUT2D eigenvalue weighted by molar-refractivity contribution is 0.0921. The first-order chi connectivity index (χ1) is 9.34. The molecule has 1 heteroatoms. The molecule has 1 saturated carbocycles. The lowest BCUT2D eigenvalue weighted by Gasteiger charge is -2.36. The molecule has 2 aliphatic carbocycles. The molecule has 0 spiro atoms. The summed E-state index contributed by atoms with van der Waals surface area (Å²) >= 11 is 0. The summed E-state index contributed by atoms with van der Waals surface area (Å²) in [6, 6.07) is 12.7. The highest BCUT2D eigenvalue weighted by molar-refractivity contribution is 6.10. The number of carbonyl (C=O) groups excluding carboxylic acids is 1. The molecule has 0 bridgehead atoms. The van der Waals surface area contributed by atoms with E-state index in [1.807, 2.05) is 12.1 Å². The molecular weight excluding hydrogens is 232 g/mol. The number of hydrogen-bond donors (Lipinski definition) is 0. The van der Waals surface area contributed by atoms with Crippen LogP contribution in [0.3, 0.4) is 0 Å². The molecule has 2 aliphatic rings. The van der Waals surface area contributed by atoms with Crippen molar-refractivity contribution < 1.29 is 4.79 Å². The quantitative estimate of drug-likeness (QED) is 0.662. The zero-order valence-electron chi connectivity index (χ0n) is 11.1. The Balaban J connectivity index is 1.97. The fourth-order valence-corrected chi connectivity index (χ4v) is 4.11. The Kier molecular flexibility index (Phi) is 2.48. The van der Waals surface area contributed by atoms with Gasteiger partial charge in [0.2, 0.25) is 0 Å². The highest BCUT2D eigenvalue weighted by atomic mass is 16.1. The monoisotopic (exact) mass is 250 g/mol. The van der Waals surface area contributed by atoms with Crippen molar-refractivity contribution in [2.75, 3.05) is 0 Å². The van der Waals surface area contributed by atoms with Gasteiger partial charge in [-0.05, 0) is 41.0 Å². The number of benzene rings is 2. The van der Waals surface area contributed by atoms with Crippen LogP contribution in [-0.4, -0.2) is 5.78 Å². The Morgan fingerprint density at radius 1 is 0.947 bits per heavy atom. The van der Waals surface area contributed by atoms with E-state index in [0.29, 0.717) is 17.6 Å². The molecule has 2 aromatic carbocycles. The van der Waals surface area contributed by atoms with Crippen molar-refractivity contribution in [2.24, 2.45) is 5.92 Å². The molecule has 0 heterocycles. The van der Waals surface area contributed by atoms with Crippen molar-refractivity contribution in [3.63, 3.8) is 0 Å². The topological polar surface area (TPSA) is 17.1 Å². The van der Waals surface area contributed by atoms with Crippen molar-refractivity contribution in [1.82, 2.24) is 0 Å². The molecule has 1 fully saturated rings. The van der Waals surface area contributed by atoms with Crippen LogP contribution in [0.2, 0.25) is 0 Å². The van der Waals surface area contributed by atoms with Gasteiger partial charge in [0.1, 0.15) is 0 Å². The predicted molar refractivity (Wildman–Crippen MR) is 77.6 cm³/mol. The molecule has 4 rings (SSSR count). The number of ketones is 1. The van der Waals surface area contributed by atoms with Crippen LogP contribution >= 0.6 is 0 Å². The Hall–Kier alpha value is -1.63. The van der Waals surface area contributed by atoms with Crippen LogP contribution in [0.15, 0.2) is 36.4 Å². The summed E-state index contributed by atoms with van der Waals surface area (Å²) < 4.78 is 0. The maximum atomic E-state index is 12.6. The minimum Gasteiger partial charge on any atom is -0.294 e. The Morgan fingerprint density at radius 3 is 2.74 bits per heavy atom. The molecule has 0 aromatic heterocycles. The fourth-order valence-electron chi connectivity index (χ4n) is 4.11. The van der Waals surface area contributed by atoms with Crippen LogP contribution in [0.4, 0.5) is 0 Å². The lowest BCUT2D eigenvalue weighted by atomic mass is 9.67. The van der Waals surface area contributed by atoms with E-state index in [1.54, 1.807) is 0 Å². The smallest absolute Gasteiger partial charge is 0.164 e. The van der Waals surface area contributed by atoms with Gasteiger partial charge in [0.15, 0.2) is 5.78 Å². The summed E-state index contributed by atoms with van der Waals surface area (Å²) in [6.07, 6.45) is 5.90. The molecule has 1 nitrogen and oxygen atoms in total. The number of rotatable bonds is 0. The second-order valence-corrected chi connectivity index (χ2v) is 6.03. The molecule has 2 aromatic rings. The average molecular weight is 250 g/mol. The minimum absolute atomic E-state index is 0.370. The van der Waals surface area contributed by atoms with Crippen LogP contribution in [-0.2, 0) is 0 Å². The molecule has 0 amide bonds. The molecule has 96 valence electrons. The zero-order chi connectivity index (χ0) is 12.8. The van der Waals surface area contributed by atoms with Gasteiger partial charge >= 0.3 is 0 Å². The number of fused-ring (bicyclic) bond motifs is 5. The standard InChI is InChI=1S/C18H18O/c19-17-11-13-6-2-3-7-14(13)16-10-9-12-5-1-4-8-15(12)18(16)17/h1,4-5,8-10,13-14H,2-3,6-7,11H2. The first-order valence-electron chi connectivity index (χ1n) is 7.39. The van der Waals surface area contributed by atoms with Crippen molar-refractivity contribution in [1.29, 1.82) is 0 Å². The van der Waals surface area contributed by atoms with E-state index in [2.05, 4.69) is 24.3 Å². The summed E-state index contributed by atoms with van der Waals surface area (Å²) in [5.74, 6) is 1.61. The molecular formula is C18H18O. The van der Waals surface area contributed by atoms with Gasteiger partial charge < -0.3 is 0 Å². The van der Waals surface area contributed by atoms with E-state index in [9.17, 15) is 4.79 Å². The van der Waals surface area contributed by atoms with Crippen LogP contribution in [0.1, 0.15) is 53.9 Å². The summed E-state index contributed by atoms with van der Waals surface area (Å²) in [5, 5.41) is 2.36. The number of hydrogen-bond acceptors (Lipinski definition) is 1. The highest BCUT2D eigenvalue weighted by Crippen LogP contribution is 2.46. The number of carbonyl (C=O) groups is 1. The van der Waals surface area contributed by atoms with Gasteiger partial charge in [-0.1, -0.05) is 49.2 Å². The predicted octanol–water partition coefficient (Wildman–Crippen LogP) is 4.70. The van der Waals surface area contributed by atoms with Crippen LogP contribution in [0.5, 0.6) is 0 Å². The third-order valence-electron chi connectivity index (χ3n) is 5.00. The number of Topliss-reactive ketones (excluding diaryl/α,β-unsaturated/α-hetero) is 1. The zero-order valence-corrected chi connectivity index (χ0v) is 11.1. The van der Waals surface area contributed by atoms with E-state index >= 15 is 0 Å². The normalized spacial score (nSPS) is 26.0. The third kappa shape index (κ3) is 1.64. The molecule has 2 unspecified atom stereocenters. The fraction of sp³-hybridized carbons (Fsp3) is 0.389. The summed E-state index contributed by atoms with van der Waals surface area (Å²) in [5.41, 5.74) is 2.36. The van der Waals surface area contributed by atoms with E-state index in [1.165, 1.54) is 36.6 Å². The van der Waals surface area contributed by atoms with Crippen LogP contribution in [0, 0.1) is 5.92 Å². The molecule has 0 aliphatic heterocycles. The maximum absolute atomic E-state index is 12.6. The van der Waals surface area contributed by atoms with Crippen molar-refractivity contribution in [3.8, 4) is 0 Å². The summed E-state index contributed by atoms with van der Waals surface area (Å²) in [7, 11) is 0. The molecule has 0 N–H and O–H groups in total. The van der Waals surface area contributed by atoms with Gasteiger partial charge in [0, 0.05) is 12.0 Å². The third-order valence-corrected chi connectivity index (χ3v) is 5.00. The first kappa shape index (κ1) is 11.2. The van der Waals surface area contributed by atoms with Gasteiger partial charge in [-0.2, -0.15) is 0 Å².